The molecule has 0 atom stereocenters. The lowest BCUT2D eigenvalue weighted by Crippen LogP contribution is -2.26. The van der Waals surface area contributed by atoms with E-state index in [1.165, 1.54) is 16.7 Å². The van der Waals surface area contributed by atoms with Gasteiger partial charge in [0, 0.05) is 19.2 Å². The van der Waals surface area contributed by atoms with E-state index in [1.54, 1.807) is 37.4 Å². The monoisotopic (exact) mass is 344 g/mol. The number of hydrogen-bond acceptors (Lipinski definition) is 4. The van der Waals surface area contributed by atoms with Gasteiger partial charge >= 0.3 is 5.76 Å². The van der Waals surface area contributed by atoms with E-state index in [1.807, 2.05) is 0 Å². The summed E-state index contributed by atoms with van der Waals surface area (Å²) in [4.78, 5) is 24.3. The fraction of sp³-hybridized carbons (Fsp3) is 0.222. The lowest BCUT2D eigenvalue weighted by molar-refractivity contribution is 0.0937. The third kappa shape index (κ3) is 3.77. The van der Waals surface area contributed by atoms with Crippen molar-refractivity contribution < 1.29 is 18.3 Å². The summed E-state index contributed by atoms with van der Waals surface area (Å²) in [6.07, 6.45) is 0. The van der Waals surface area contributed by atoms with Crippen molar-refractivity contribution in [2.75, 3.05) is 20.3 Å². The van der Waals surface area contributed by atoms with E-state index in [4.69, 9.17) is 9.15 Å². The van der Waals surface area contributed by atoms with Gasteiger partial charge in [0.05, 0.1) is 18.7 Å². The Hall–Kier alpha value is -2.93. The normalized spacial score (nSPS) is 11.0. The van der Waals surface area contributed by atoms with Gasteiger partial charge in [-0.1, -0.05) is 12.1 Å². The van der Waals surface area contributed by atoms with E-state index in [0.29, 0.717) is 29.8 Å². The Morgan fingerprint density at radius 2 is 2.00 bits per heavy atom. The summed E-state index contributed by atoms with van der Waals surface area (Å²) >= 11 is 0. The first-order valence-corrected chi connectivity index (χ1v) is 7.73. The molecule has 0 aliphatic heterocycles. The van der Waals surface area contributed by atoms with Crippen molar-refractivity contribution in [3.8, 4) is 0 Å². The Balaban J connectivity index is 1.91. The molecule has 1 aromatic heterocycles. The van der Waals surface area contributed by atoms with Crippen LogP contribution in [0.5, 0.6) is 0 Å². The van der Waals surface area contributed by atoms with Crippen molar-refractivity contribution in [2.45, 2.75) is 6.54 Å². The number of fused-ring (bicyclic) bond motifs is 1. The van der Waals surface area contributed by atoms with E-state index in [9.17, 15) is 14.0 Å². The molecule has 3 aromatic rings. The van der Waals surface area contributed by atoms with Gasteiger partial charge < -0.3 is 14.5 Å². The second kappa shape index (κ2) is 7.31. The number of aromatic nitrogens is 1. The Bertz CT molecular complexity index is 944. The fourth-order valence-corrected chi connectivity index (χ4v) is 2.49. The van der Waals surface area contributed by atoms with Gasteiger partial charge in [0.25, 0.3) is 5.91 Å². The molecule has 1 heterocycles. The Labute approximate surface area is 142 Å². The Morgan fingerprint density at radius 3 is 2.72 bits per heavy atom. The second-order valence-electron chi connectivity index (χ2n) is 5.51. The topological polar surface area (TPSA) is 73.5 Å². The molecule has 0 spiro atoms. The quantitative estimate of drug-likeness (QED) is 0.696. The maximum Gasteiger partial charge on any atom is 0.420 e. The minimum Gasteiger partial charge on any atom is -0.408 e. The number of benzene rings is 2. The number of nitrogens with zero attached hydrogens (tertiary/aromatic N) is 1. The van der Waals surface area contributed by atoms with Gasteiger partial charge in [-0.05, 0) is 35.9 Å². The molecule has 2 aromatic carbocycles. The number of ether oxygens (including phenoxy) is 1. The van der Waals surface area contributed by atoms with Crippen LogP contribution < -0.4 is 11.1 Å². The lowest BCUT2D eigenvalue weighted by atomic mass is 10.1. The molecular formula is C18H17FN2O4. The van der Waals surface area contributed by atoms with Crippen LogP contribution in [-0.2, 0) is 11.3 Å². The van der Waals surface area contributed by atoms with Crippen molar-refractivity contribution in [3.63, 3.8) is 0 Å². The van der Waals surface area contributed by atoms with Gasteiger partial charge in [-0.15, -0.1) is 0 Å². The molecule has 0 radical (unpaired) electrons. The van der Waals surface area contributed by atoms with Gasteiger partial charge in [-0.2, -0.15) is 0 Å². The zero-order valence-electron chi connectivity index (χ0n) is 13.6. The van der Waals surface area contributed by atoms with Crippen LogP contribution in [-0.4, -0.2) is 30.7 Å². The highest BCUT2D eigenvalue weighted by Gasteiger charge is 2.13. The molecule has 0 aliphatic rings. The number of halogens is 1. The van der Waals surface area contributed by atoms with Crippen molar-refractivity contribution in [2.24, 2.45) is 0 Å². The lowest BCUT2D eigenvalue weighted by Gasteiger charge is -2.06. The van der Waals surface area contributed by atoms with Gasteiger partial charge in [0.2, 0.25) is 0 Å². The second-order valence-corrected chi connectivity index (χ2v) is 5.51. The predicted octanol–water partition coefficient (Wildman–Crippen LogP) is 2.16. The third-order valence-electron chi connectivity index (χ3n) is 3.78. The molecule has 0 saturated heterocycles. The number of rotatable bonds is 6. The van der Waals surface area contributed by atoms with E-state index in [-0.39, 0.29) is 18.3 Å². The SMILES string of the molecule is COCCNC(=O)c1ccc2oc(=O)n(Cc3ccc(F)cc3)c2c1. The van der Waals surface area contributed by atoms with E-state index >= 15 is 0 Å². The first-order chi connectivity index (χ1) is 12.1. The number of carbonyl (C=O) groups excluding carboxylic acids is 1. The van der Waals surface area contributed by atoms with Crippen LogP contribution in [0.4, 0.5) is 4.39 Å². The first-order valence-electron chi connectivity index (χ1n) is 7.73. The highest BCUT2D eigenvalue weighted by atomic mass is 19.1. The van der Waals surface area contributed by atoms with E-state index in [0.717, 1.165) is 5.56 Å². The molecule has 0 saturated carbocycles. The molecule has 1 amide bonds. The van der Waals surface area contributed by atoms with Crippen LogP contribution in [0.1, 0.15) is 15.9 Å². The van der Waals surface area contributed by atoms with Crippen LogP contribution in [0.15, 0.2) is 51.7 Å². The Morgan fingerprint density at radius 1 is 1.24 bits per heavy atom. The third-order valence-corrected chi connectivity index (χ3v) is 3.78. The number of carbonyl (C=O) groups is 1. The molecule has 0 fully saturated rings. The van der Waals surface area contributed by atoms with E-state index < -0.39 is 5.76 Å². The van der Waals surface area contributed by atoms with Gasteiger partial charge in [0.1, 0.15) is 5.82 Å². The molecule has 0 unspecified atom stereocenters. The van der Waals surface area contributed by atoms with Crippen molar-refractivity contribution in [1.82, 2.24) is 9.88 Å². The average Bonchev–Trinajstić information content (AvgIpc) is 2.92. The van der Waals surface area contributed by atoms with Gasteiger partial charge in [-0.3, -0.25) is 9.36 Å². The van der Waals surface area contributed by atoms with Crippen LogP contribution >= 0.6 is 0 Å². The standard InChI is InChI=1S/C18H17FN2O4/c1-24-9-8-20-17(22)13-4-7-16-15(10-13)21(18(23)25-16)11-12-2-5-14(19)6-3-12/h2-7,10H,8-9,11H2,1H3,(H,20,22). The number of oxazole rings is 1. The minimum absolute atomic E-state index is 0.223. The molecule has 0 bridgehead atoms. The number of hydrogen-bond donors (Lipinski definition) is 1. The molecule has 6 nitrogen and oxygen atoms in total. The zero-order valence-corrected chi connectivity index (χ0v) is 13.6. The fourth-order valence-electron chi connectivity index (χ4n) is 2.49. The summed E-state index contributed by atoms with van der Waals surface area (Å²) < 4.78 is 24.5. The molecule has 130 valence electrons. The molecule has 1 N–H and O–H groups in total. The molecule has 3 rings (SSSR count). The predicted molar refractivity (Wildman–Crippen MR) is 90.2 cm³/mol. The smallest absolute Gasteiger partial charge is 0.408 e. The van der Waals surface area contributed by atoms with Gasteiger partial charge in [-0.25, -0.2) is 9.18 Å². The molecular weight excluding hydrogens is 327 g/mol. The molecule has 0 aliphatic carbocycles. The first kappa shape index (κ1) is 16.9. The molecule has 25 heavy (non-hydrogen) atoms. The Kier molecular flexibility index (Phi) is 4.95. The molecule has 7 heteroatoms. The van der Waals surface area contributed by atoms with Crippen molar-refractivity contribution in [3.05, 3.63) is 70.0 Å². The summed E-state index contributed by atoms with van der Waals surface area (Å²) in [7, 11) is 1.55. The van der Waals surface area contributed by atoms with Crippen LogP contribution in [0.2, 0.25) is 0 Å². The summed E-state index contributed by atoms with van der Waals surface area (Å²) in [5.74, 6) is -1.14. The van der Waals surface area contributed by atoms with Crippen molar-refractivity contribution >= 4 is 17.0 Å². The summed E-state index contributed by atoms with van der Waals surface area (Å²) in [6.45, 7) is 1.02. The number of nitrogens with one attached hydrogen (secondary N) is 1. The summed E-state index contributed by atoms with van der Waals surface area (Å²) in [6, 6.07) is 10.6. The number of methoxy groups -OCH3 is 1. The maximum atomic E-state index is 13.0. The van der Waals surface area contributed by atoms with Crippen LogP contribution in [0, 0.1) is 5.82 Å². The highest BCUT2D eigenvalue weighted by Crippen LogP contribution is 2.17. The maximum absolute atomic E-state index is 13.0. The summed E-state index contributed by atoms with van der Waals surface area (Å²) in [5, 5.41) is 2.72. The average molecular weight is 344 g/mol. The van der Waals surface area contributed by atoms with Gasteiger partial charge in [0.15, 0.2) is 5.58 Å². The van der Waals surface area contributed by atoms with Crippen LogP contribution in [0.25, 0.3) is 11.1 Å². The van der Waals surface area contributed by atoms with Crippen LogP contribution in [0.3, 0.4) is 0 Å². The van der Waals surface area contributed by atoms with E-state index in [2.05, 4.69) is 5.32 Å². The zero-order chi connectivity index (χ0) is 17.8. The number of amides is 1. The largest absolute Gasteiger partial charge is 0.420 e. The minimum atomic E-state index is -0.531. The summed E-state index contributed by atoms with van der Waals surface area (Å²) in [5.41, 5.74) is 2.06. The van der Waals surface area contributed by atoms with Crippen molar-refractivity contribution in [1.29, 1.82) is 0 Å². The highest BCUT2D eigenvalue weighted by molar-refractivity contribution is 5.97.